The summed E-state index contributed by atoms with van der Waals surface area (Å²) in [5.41, 5.74) is 1.33. The number of hydrogen-bond donors (Lipinski definition) is 0. The van der Waals surface area contributed by atoms with E-state index in [1.165, 1.54) is 12.5 Å². The highest BCUT2D eigenvalue weighted by Crippen LogP contribution is 2.52. The summed E-state index contributed by atoms with van der Waals surface area (Å²) in [5, 5.41) is 0.852. The van der Waals surface area contributed by atoms with E-state index in [2.05, 4.69) is 42.8 Å². The summed E-state index contributed by atoms with van der Waals surface area (Å²) < 4.78 is 11.4. The number of hydrogen-bond acceptors (Lipinski definition) is 3. The molecule has 0 saturated carbocycles. The van der Waals surface area contributed by atoms with Gasteiger partial charge in [-0.15, -0.1) is 0 Å². The third-order valence-corrected chi connectivity index (χ3v) is 5.69. The molecule has 1 saturated heterocycles. The minimum atomic E-state index is -0.209. The SMILES string of the molecule is CC(=O)OC[C@]12CO[C@H](CBr)[C@H](C(C)=C[C@@H]1C)[C@H]2C. The third kappa shape index (κ3) is 2.49. The number of fused-ring (bicyclic) bond motifs is 2. The van der Waals surface area contributed by atoms with Crippen LogP contribution in [0.1, 0.15) is 27.7 Å². The predicted octanol–water partition coefficient (Wildman–Crippen LogP) is 3.18. The third-order valence-electron chi connectivity index (χ3n) is 5.05. The molecule has 0 aromatic rings. The van der Waals surface area contributed by atoms with Crippen molar-refractivity contribution < 1.29 is 14.3 Å². The first-order valence-corrected chi connectivity index (χ1v) is 8.03. The smallest absolute Gasteiger partial charge is 0.302 e. The number of carbonyl (C=O) groups is 1. The highest BCUT2D eigenvalue weighted by atomic mass is 79.9. The maximum Gasteiger partial charge on any atom is 0.302 e. The molecule has 1 aliphatic carbocycles. The monoisotopic (exact) mass is 330 g/mol. The van der Waals surface area contributed by atoms with Crippen LogP contribution >= 0.6 is 15.9 Å². The predicted molar refractivity (Wildman–Crippen MR) is 78.2 cm³/mol. The number of halogens is 1. The molecule has 2 rings (SSSR count). The molecule has 0 unspecified atom stereocenters. The second-order valence-electron chi connectivity index (χ2n) is 6.03. The summed E-state index contributed by atoms with van der Waals surface area (Å²) in [6.07, 6.45) is 2.57. The molecule has 2 aliphatic rings. The Labute approximate surface area is 123 Å². The maximum atomic E-state index is 11.2. The number of ether oxygens (including phenoxy) is 2. The van der Waals surface area contributed by atoms with Gasteiger partial charge in [0.05, 0.1) is 19.3 Å². The summed E-state index contributed by atoms with van der Waals surface area (Å²) in [6.45, 7) is 9.27. The lowest BCUT2D eigenvalue weighted by molar-refractivity contribution is -0.174. The average molecular weight is 331 g/mol. The summed E-state index contributed by atoms with van der Waals surface area (Å²) >= 11 is 3.55. The van der Waals surface area contributed by atoms with Crippen molar-refractivity contribution in [2.24, 2.45) is 23.2 Å². The lowest BCUT2D eigenvalue weighted by Crippen LogP contribution is -2.57. The average Bonchev–Trinajstić information content (AvgIpc) is 2.34. The van der Waals surface area contributed by atoms with Gasteiger partial charge in [0.2, 0.25) is 0 Å². The van der Waals surface area contributed by atoms with Crippen LogP contribution in [-0.2, 0) is 14.3 Å². The van der Waals surface area contributed by atoms with Gasteiger partial charge in [0, 0.05) is 23.6 Å². The van der Waals surface area contributed by atoms with Crippen LogP contribution in [0, 0.1) is 23.2 Å². The minimum Gasteiger partial charge on any atom is -0.465 e. The number of carbonyl (C=O) groups excluding carboxylic acids is 1. The fourth-order valence-corrected chi connectivity index (χ4v) is 4.35. The summed E-state index contributed by atoms with van der Waals surface area (Å²) in [5.74, 6) is 1.04. The molecule has 108 valence electrons. The second kappa shape index (κ2) is 5.57. The summed E-state index contributed by atoms with van der Waals surface area (Å²) in [6, 6.07) is 0. The summed E-state index contributed by atoms with van der Waals surface area (Å²) in [4.78, 5) is 11.2. The maximum absolute atomic E-state index is 11.2. The van der Waals surface area contributed by atoms with E-state index in [1.807, 2.05) is 0 Å². The van der Waals surface area contributed by atoms with Crippen molar-refractivity contribution in [3.8, 4) is 0 Å². The Kier molecular flexibility index (Phi) is 4.41. The molecule has 0 aromatic heterocycles. The Balaban J connectivity index is 2.31. The molecule has 19 heavy (non-hydrogen) atoms. The zero-order valence-corrected chi connectivity index (χ0v) is 13.7. The molecule has 1 fully saturated rings. The highest BCUT2D eigenvalue weighted by Gasteiger charge is 2.53. The van der Waals surface area contributed by atoms with Gasteiger partial charge in [-0.1, -0.05) is 41.4 Å². The van der Waals surface area contributed by atoms with Gasteiger partial charge in [0.15, 0.2) is 0 Å². The minimum absolute atomic E-state index is 0.0749. The molecular formula is C15H23BrO3. The molecule has 0 spiro atoms. The Morgan fingerprint density at radius 1 is 1.58 bits per heavy atom. The van der Waals surface area contributed by atoms with Gasteiger partial charge >= 0.3 is 5.97 Å². The van der Waals surface area contributed by atoms with Crippen LogP contribution in [0.2, 0.25) is 0 Å². The van der Waals surface area contributed by atoms with Crippen LogP contribution in [0.3, 0.4) is 0 Å². The first kappa shape index (κ1) is 15.0. The molecule has 0 radical (unpaired) electrons. The second-order valence-corrected chi connectivity index (χ2v) is 6.68. The van der Waals surface area contributed by atoms with Crippen molar-refractivity contribution >= 4 is 21.9 Å². The van der Waals surface area contributed by atoms with Gasteiger partial charge in [-0.2, -0.15) is 0 Å². The van der Waals surface area contributed by atoms with E-state index in [-0.39, 0.29) is 17.5 Å². The number of alkyl halides is 1. The fraction of sp³-hybridized carbons (Fsp3) is 0.800. The number of rotatable bonds is 3. The molecule has 4 heteroatoms. The molecule has 1 aliphatic heterocycles. The Hall–Kier alpha value is -0.350. The van der Waals surface area contributed by atoms with Crippen LogP contribution in [0.4, 0.5) is 0 Å². The van der Waals surface area contributed by atoms with Crippen LogP contribution in [0.15, 0.2) is 11.6 Å². The molecule has 0 aromatic carbocycles. The van der Waals surface area contributed by atoms with Gasteiger partial charge in [-0.3, -0.25) is 4.79 Å². The molecular weight excluding hydrogens is 308 g/mol. The van der Waals surface area contributed by atoms with E-state index in [4.69, 9.17) is 9.47 Å². The Morgan fingerprint density at radius 2 is 2.26 bits per heavy atom. The molecule has 5 atom stereocenters. The fourth-order valence-electron chi connectivity index (χ4n) is 3.76. The molecule has 2 bridgehead atoms. The molecule has 0 amide bonds. The van der Waals surface area contributed by atoms with E-state index in [0.717, 1.165) is 5.33 Å². The lowest BCUT2D eigenvalue weighted by atomic mass is 9.56. The van der Waals surface area contributed by atoms with Gasteiger partial charge in [0.1, 0.15) is 0 Å². The zero-order chi connectivity index (χ0) is 14.2. The first-order chi connectivity index (χ1) is 8.92. The normalized spacial score (nSPS) is 41.6. The lowest BCUT2D eigenvalue weighted by Gasteiger charge is -2.55. The van der Waals surface area contributed by atoms with E-state index in [9.17, 15) is 4.79 Å². The molecule has 3 nitrogen and oxygen atoms in total. The van der Waals surface area contributed by atoms with E-state index in [1.54, 1.807) is 0 Å². The van der Waals surface area contributed by atoms with Crippen molar-refractivity contribution in [1.82, 2.24) is 0 Å². The number of esters is 1. The Bertz CT molecular complexity index is 393. The number of allylic oxidation sites excluding steroid dienone is 1. The zero-order valence-electron chi connectivity index (χ0n) is 12.1. The molecule has 1 heterocycles. The van der Waals surface area contributed by atoms with Crippen LogP contribution in [0.25, 0.3) is 0 Å². The quantitative estimate of drug-likeness (QED) is 0.453. The molecule has 0 N–H and O–H groups in total. The van der Waals surface area contributed by atoms with Gasteiger partial charge in [-0.05, 0) is 18.8 Å². The first-order valence-electron chi connectivity index (χ1n) is 6.91. The van der Waals surface area contributed by atoms with Gasteiger partial charge < -0.3 is 9.47 Å². The van der Waals surface area contributed by atoms with E-state index in [0.29, 0.717) is 31.0 Å². The van der Waals surface area contributed by atoms with Gasteiger partial charge in [-0.25, -0.2) is 0 Å². The van der Waals surface area contributed by atoms with Gasteiger partial charge in [0.25, 0.3) is 0 Å². The van der Waals surface area contributed by atoms with Crippen molar-refractivity contribution in [3.63, 3.8) is 0 Å². The Morgan fingerprint density at radius 3 is 2.84 bits per heavy atom. The van der Waals surface area contributed by atoms with E-state index >= 15 is 0 Å². The topological polar surface area (TPSA) is 35.5 Å². The highest BCUT2D eigenvalue weighted by molar-refractivity contribution is 9.09. The van der Waals surface area contributed by atoms with Crippen molar-refractivity contribution in [3.05, 3.63) is 11.6 Å². The van der Waals surface area contributed by atoms with Crippen molar-refractivity contribution in [2.75, 3.05) is 18.5 Å². The largest absolute Gasteiger partial charge is 0.465 e. The van der Waals surface area contributed by atoms with Crippen molar-refractivity contribution in [2.45, 2.75) is 33.8 Å². The van der Waals surface area contributed by atoms with Crippen molar-refractivity contribution in [1.29, 1.82) is 0 Å². The summed E-state index contributed by atoms with van der Waals surface area (Å²) in [7, 11) is 0. The standard InChI is InChI=1S/C15H23BrO3/c1-9-5-10(2)15(7-18-12(4)17)8-19-13(6-16)14(9)11(15)3/h5,10-11,13-14H,6-8H2,1-4H3/t10-,11+,13+,14+,15-/m0/s1. The van der Waals surface area contributed by atoms with Crippen LogP contribution < -0.4 is 0 Å². The van der Waals surface area contributed by atoms with Crippen LogP contribution in [0.5, 0.6) is 0 Å². The van der Waals surface area contributed by atoms with Crippen LogP contribution in [-0.4, -0.2) is 30.6 Å². The van der Waals surface area contributed by atoms with E-state index < -0.39 is 0 Å².